The van der Waals surface area contributed by atoms with E-state index in [4.69, 9.17) is 4.84 Å². The number of pyridine rings is 2. The van der Waals surface area contributed by atoms with Gasteiger partial charge in [-0.1, -0.05) is 93.9 Å². The van der Waals surface area contributed by atoms with Crippen LogP contribution in [-0.2, 0) is 33.8 Å². The second-order valence-corrected chi connectivity index (χ2v) is 24.7. The monoisotopic (exact) mass is 1170 g/mol. The molecule has 3 amide bonds. The van der Waals surface area contributed by atoms with Gasteiger partial charge in [-0.05, 0) is 145 Å². The molecule has 17 heteroatoms. The van der Waals surface area contributed by atoms with Gasteiger partial charge in [-0.25, -0.2) is 0 Å². The quantitative estimate of drug-likeness (QED) is 0.0309. The van der Waals surface area contributed by atoms with Gasteiger partial charge in [0.05, 0.1) is 24.0 Å². The van der Waals surface area contributed by atoms with Crippen molar-refractivity contribution in [2.45, 2.75) is 135 Å². The third-order valence-corrected chi connectivity index (χ3v) is 17.2. The Kier molecular flexibility index (Phi) is 20.9. The lowest BCUT2D eigenvalue weighted by Crippen LogP contribution is -2.61. The Hall–Kier alpha value is -6.08. The SMILES string of the molecule is CC(C)(C)NC(=O)[C@@H]1CN(Cc2cccnc2)CCN1C[C@@H](O)C[C@@H](Cc1ccccc1)C(=O)N[C@H]1c2ccccc2C[C@H]1O.CCO/N=C(\c1ccc(Br)cc1)C1CCN(C2(C)CCN(C(=O)c3c(C)cc[n+]([O-])c3C)CC2)CC1. The number of aryl methyl sites for hydroxylation is 1. The van der Waals surface area contributed by atoms with Gasteiger partial charge in [0.2, 0.25) is 17.5 Å². The Labute approximate surface area is 487 Å². The molecule has 3 fully saturated rings. The topological polar surface area (TPSA) is 190 Å². The fourth-order valence-electron chi connectivity index (χ4n) is 12.1. The van der Waals surface area contributed by atoms with Gasteiger partial charge in [-0.15, -0.1) is 0 Å². The number of likely N-dealkylation sites (tertiary alicyclic amines) is 2. The van der Waals surface area contributed by atoms with Gasteiger partial charge in [-0.2, -0.15) is 4.73 Å². The Balaban J connectivity index is 0.000000218. The van der Waals surface area contributed by atoms with Crippen LogP contribution in [0.3, 0.4) is 0 Å². The number of carbonyl (C=O) groups excluding carboxylic acids is 3. The maximum absolute atomic E-state index is 13.8. The van der Waals surface area contributed by atoms with Crippen molar-refractivity contribution in [3.8, 4) is 0 Å². The molecule has 0 spiro atoms. The number of amides is 3. The highest BCUT2D eigenvalue weighted by molar-refractivity contribution is 9.10. The zero-order chi connectivity index (χ0) is 57.8. The summed E-state index contributed by atoms with van der Waals surface area (Å²) in [6.07, 6.45) is 8.66. The molecule has 9 rings (SSSR count). The zero-order valence-corrected chi connectivity index (χ0v) is 50.0. The first-order chi connectivity index (χ1) is 38.8. The summed E-state index contributed by atoms with van der Waals surface area (Å²) in [4.78, 5) is 59.2. The fourth-order valence-corrected chi connectivity index (χ4v) is 12.4. The summed E-state index contributed by atoms with van der Waals surface area (Å²) in [6.45, 7) is 20.6. The van der Waals surface area contributed by atoms with Crippen LogP contribution in [0.2, 0.25) is 0 Å². The first kappa shape index (κ1) is 61.0. The Bertz CT molecular complexity index is 2910. The van der Waals surface area contributed by atoms with Crippen LogP contribution in [0.1, 0.15) is 122 Å². The van der Waals surface area contributed by atoms with Crippen molar-refractivity contribution in [2.75, 3.05) is 59.0 Å². The molecule has 0 unspecified atom stereocenters. The van der Waals surface area contributed by atoms with Crippen LogP contribution in [0.5, 0.6) is 0 Å². The molecule has 81 heavy (non-hydrogen) atoms. The predicted molar refractivity (Wildman–Crippen MR) is 319 cm³/mol. The smallest absolute Gasteiger partial charge is 0.260 e. The Morgan fingerprint density at radius 1 is 0.914 bits per heavy atom. The highest BCUT2D eigenvalue weighted by Crippen LogP contribution is 2.35. The lowest BCUT2D eigenvalue weighted by Gasteiger charge is -2.49. The summed E-state index contributed by atoms with van der Waals surface area (Å²) in [7, 11) is 0. The number of benzene rings is 3. The minimum atomic E-state index is -0.833. The van der Waals surface area contributed by atoms with Crippen LogP contribution >= 0.6 is 15.9 Å². The van der Waals surface area contributed by atoms with Crippen molar-refractivity contribution >= 4 is 39.4 Å². The van der Waals surface area contributed by atoms with Crippen LogP contribution in [0.4, 0.5) is 0 Å². The maximum Gasteiger partial charge on any atom is 0.260 e. The number of hydrogen-bond donors (Lipinski definition) is 4. The predicted octanol–water partition coefficient (Wildman–Crippen LogP) is 7.71. The number of fused-ring (bicyclic) bond motifs is 1. The molecule has 3 saturated heterocycles. The van der Waals surface area contributed by atoms with E-state index in [0.29, 0.717) is 69.3 Å². The molecule has 5 aromatic rings. The molecular weight excluding hydrogens is 1090 g/mol. The van der Waals surface area contributed by atoms with Crippen molar-refractivity contribution in [3.63, 3.8) is 0 Å². The van der Waals surface area contributed by atoms with E-state index >= 15 is 0 Å². The second kappa shape index (κ2) is 27.8. The number of oxime groups is 1. The van der Waals surface area contributed by atoms with Crippen LogP contribution in [0.25, 0.3) is 0 Å². The van der Waals surface area contributed by atoms with Gasteiger partial charge >= 0.3 is 0 Å². The number of carbonyl (C=O) groups is 3. The van der Waals surface area contributed by atoms with Gasteiger partial charge in [0.25, 0.3) is 5.91 Å². The summed E-state index contributed by atoms with van der Waals surface area (Å²) < 4.78 is 1.84. The van der Waals surface area contributed by atoms with Gasteiger partial charge in [0.15, 0.2) is 6.20 Å². The van der Waals surface area contributed by atoms with E-state index in [0.717, 1.165) is 93.6 Å². The molecule has 0 radical (unpaired) electrons. The van der Waals surface area contributed by atoms with Crippen LogP contribution in [0.15, 0.2) is 125 Å². The third-order valence-electron chi connectivity index (χ3n) is 16.7. The summed E-state index contributed by atoms with van der Waals surface area (Å²) in [5.41, 5.74) is 7.78. The van der Waals surface area contributed by atoms with E-state index in [1.54, 1.807) is 19.2 Å². The van der Waals surface area contributed by atoms with Crippen LogP contribution in [0, 0.1) is 30.9 Å². The molecule has 2 aromatic heterocycles. The lowest BCUT2D eigenvalue weighted by atomic mass is 9.82. The average Bonchev–Trinajstić information content (AvgIpc) is 4.01. The first-order valence-electron chi connectivity index (χ1n) is 28.9. The summed E-state index contributed by atoms with van der Waals surface area (Å²) >= 11 is 3.52. The van der Waals surface area contributed by atoms with Crippen molar-refractivity contribution < 1.29 is 34.2 Å². The van der Waals surface area contributed by atoms with Gasteiger partial charge in [0.1, 0.15) is 18.2 Å². The number of aliphatic hydroxyl groups excluding tert-OH is 2. The molecule has 1 aliphatic carbocycles. The standard InChI is InChI=1S/C36H47N5O4.C28H37BrN4O3/c1-36(2,3)39-35(45)31-24-40(22-26-12-9-15-37-21-26)16-17-41(31)23-29(42)19-28(18-25-10-5-4-6-11-25)34(44)38-33-30-14-8-7-13-27(30)20-32(33)43;1-5-36-30-26(22-6-8-24(29)9-7-22)23-11-15-32(16-12-23)28(4)13-18-31(19-14-28)27(34)25-20(2)10-17-33(35)21(25)3/h4-15,21,28-29,31-33,42-43H,16-20,22-24H2,1-3H3,(H,38,44)(H,39,45);6-10,17,23H,5,11-16,18-19H2,1-4H3/b;30-26+/t28-,29+,31+,32-,33+;/m1./s1. The highest BCUT2D eigenvalue weighted by Gasteiger charge is 2.41. The van der Waals surface area contributed by atoms with Crippen molar-refractivity contribution in [1.82, 2.24) is 35.2 Å². The summed E-state index contributed by atoms with van der Waals surface area (Å²) in [6, 6.07) is 30.7. The second-order valence-electron chi connectivity index (χ2n) is 23.8. The van der Waals surface area contributed by atoms with Gasteiger partial charge in [-0.3, -0.25) is 34.1 Å². The number of aromatic nitrogens is 2. The molecule has 0 bridgehead atoms. The van der Waals surface area contributed by atoms with E-state index in [9.17, 15) is 29.8 Å². The Morgan fingerprint density at radius 3 is 2.28 bits per heavy atom. The maximum atomic E-state index is 13.8. The normalized spacial score (nSPS) is 20.8. The molecule has 0 saturated carbocycles. The molecule has 4 aliphatic rings. The number of hydrogen-bond acceptors (Lipinski definition) is 12. The first-order valence-corrected chi connectivity index (χ1v) is 29.7. The summed E-state index contributed by atoms with van der Waals surface area (Å²) in [5.74, 6) is -0.444. The number of rotatable bonds is 17. The number of nitrogens with one attached hydrogen (secondary N) is 2. The molecule has 5 heterocycles. The molecule has 3 aromatic carbocycles. The van der Waals surface area contributed by atoms with E-state index < -0.39 is 35.7 Å². The van der Waals surface area contributed by atoms with Gasteiger partial charge < -0.3 is 35.8 Å². The van der Waals surface area contributed by atoms with Gasteiger partial charge in [0, 0.05) is 105 Å². The zero-order valence-electron chi connectivity index (χ0n) is 48.4. The van der Waals surface area contributed by atoms with E-state index in [-0.39, 0.29) is 36.2 Å². The number of aliphatic hydroxyl groups is 2. The largest absolute Gasteiger partial charge is 0.618 e. The van der Waals surface area contributed by atoms with Crippen molar-refractivity contribution in [2.24, 2.45) is 17.0 Å². The molecule has 4 N–H and O–H groups in total. The number of β-amino-alcohol motifs (C(OH)–C–C–N with tert-alkyl or cyclic N) is 1. The number of nitrogens with zero attached hydrogens (tertiary/aromatic N) is 7. The number of halogens is 1. The van der Waals surface area contributed by atoms with E-state index in [2.05, 4.69) is 82.6 Å². The van der Waals surface area contributed by atoms with Crippen LogP contribution in [-0.4, -0.2) is 147 Å². The summed E-state index contributed by atoms with van der Waals surface area (Å²) in [5, 5.41) is 45.1. The number of piperazine rings is 1. The highest BCUT2D eigenvalue weighted by atomic mass is 79.9. The lowest BCUT2D eigenvalue weighted by molar-refractivity contribution is -0.612. The minimum absolute atomic E-state index is 0.0257. The van der Waals surface area contributed by atoms with E-state index in [1.165, 1.54) is 6.20 Å². The fraction of sp³-hybridized carbons (Fsp3) is 0.500. The average molecular weight is 1170 g/mol. The molecule has 16 nitrogen and oxygen atoms in total. The molecule has 5 atom stereocenters. The Morgan fingerprint density at radius 2 is 1.60 bits per heavy atom. The molecular formula is C64H84BrN9O7. The third kappa shape index (κ3) is 16.1. The van der Waals surface area contributed by atoms with Crippen molar-refractivity contribution in [3.05, 3.63) is 170 Å². The minimum Gasteiger partial charge on any atom is -0.618 e. The van der Waals surface area contributed by atoms with Crippen molar-refractivity contribution in [1.29, 1.82) is 0 Å². The van der Waals surface area contributed by atoms with E-state index in [1.807, 2.05) is 112 Å². The molecule has 3 aliphatic heterocycles. The molecule has 434 valence electrons. The number of piperidine rings is 2. The van der Waals surface area contributed by atoms with Crippen LogP contribution < -0.4 is 15.4 Å².